The fourth-order valence-corrected chi connectivity index (χ4v) is 9.13. The molecule has 4 heterocycles. The van der Waals surface area contributed by atoms with E-state index in [9.17, 15) is 13.2 Å². The van der Waals surface area contributed by atoms with Crippen molar-refractivity contribution in [1.82, 2.24) is 24.0 Å². The predicted molar refractivity (Wildman–Crippen MR) is 173 cm³/mol. The Morgan fingerprint density at radius 2 is 1.80 bits per heavy atom. The van der Waals surface area contributed by atoms with Gasteiger partial charge in [0, 0.05) is 87.8 Å². The lowest BCUT2D eigenvalue weighted by Crippen LogP contribution is -2.49. The fourth-order valence-electron chi connectivity index (χ4n) is 6.89. The van der Waals surface area contributed by atoms with E-state index in [-0.39, 0.29) is 11.9 Å². The average molecular weight is 646 g/mol. The molecule has 2 aromatic rings. The van der Waals surface area contributed by atoms with Crippen LogP contribution in [0.15, 0.2) is 41.6 Å². The van der Waals surface area contributed by atoms with Crippen LogP contribution < -0.4 is 0 Å². The molecule has 1 atom stereocenters. The summed E-state index contributed by atoms with van der Waals surface area (Å²) in [4.78, 5) is 24.9. The minimum atomic E-state index is -3.70. The number of amides is 1. The summed E-state index contributed by atoms with van der Waals surface area (Å²) in [5.41, 5.74) is 2.01. The van der Waals surface area contributed by atoms with Gasteiger partial charge in [-0.2, -0.15) is 4.31 Å². The number of sulfonamides is 1. The number of likely N-dealkylation sites (tertiary alicyclic amines) is 1. The van der Waals surface area contributed by atoms with Gasteiger partial charge < -0.3 is 14.5 Å². The fraction of sp³-hybridized carbons (Fsp3) is 0.636. The number of carbonyl (C=O) groups excluding carboxylic acids is 1. The molecule has 0 aliphatic carbocycles. The second-order valence-corrected chi connectivity index (χ2v) is 15.0. The largest absolute Gasteiger partial charge is 0.369 e. The zero-order chi connectivity index (χ0) is 31.3. The van der Waals surface area contributed by atoms with E-state index in [0.717, 1.165) is 63.1 Å². The van der Waals surface area contributed by atoms with Crippen LogP contribution in [0.1, 0.15) is 61.6 Å². The topological polar surface area (TPSA) is 86.3 Å². The predicted octanol–water partition coefficient (Wildman–Crippen LogP) is 4.46. The van der Waals surface area contributed by atoms with E-state index < -0.39 is 15.6 Å². The number of benzene rings is 1. The van der Waals surface area contributed by atoms with E-state index in [1.165, 1.54) is 0 Å². The Morgan fingerprint density at radius 1 is 1.05 bits per heavy atom. The van der Waals surface area contributed by atoms with Crippen LogP contribution in [0.4, 0.5) is 0 Å². The minimum absolute atomic E-state index is 0.0867. The Morgan fingerprint density at radius 3 is 2.50 bits per heavy atom. The van der Waals surface area contributed by atoms with Gasteiger partial charge in [-0.25, -0.2) is 8.42 Å². The quantitative estimate of drug-likeness (QED) is 0.377. The van der Waals surface area contributed by atoms with Gasteiger partial charge in [-0.3, -0.25) is 14.7 Å². The zero-order valence-corrected chi connectivity index (χ0v) is 28.1. The number of hydrogen-bond donors (Lipinski definition) is 0. The second kappa shape index (κ2) is 14.6. The summed E-state index contributed by atoms with van der Waals surface area (Å²) < 4.78 is 35.9. The van der Waals surface area contributed by atoms with Crippen molar-refractivity contribution in [3.8, 4) is 0 Å². The van der Waals surface area contributed by atoms with Crippen molar-refractivity contribution in [2.45, 2.75) is 75.3 Å². The lowest BCUT2D eigenvalue weighted by molar-refractivity contribution is -0.140. The van der Waals surface area contributed by atoms with Crippen molar-refractivity contribution >= 4 is 27.5 Å². The third kappa shape index (κ3) is 7.65. The first kappa shape index (κ1) is 33.3. The molecule has 3 aliphatic rings. The number of carbonyl (C=O) groups is 1. The summed E-state index contributed by atoms with van der Waals surface area (Å²) in [5.74, 6) is 0.0867. The number of rotatable bonds is 10. The third-order valence-electron chi connectivity index (χ3n) is 9.80. The molecule has 11 heteroatoms. The normalized spacial score (nSPS) is 22.3. The molecular formula is C33H48ClN5O4S. The van der Waals surface area contributed by atoms with Crippen LogP contribution in [0.25, 0.3) is 0 Å². The van der Waals surface area contributed by atoms with E-state index in [1.807, 2.05) is 24.1 Å². The van der Waals surface area contributed by atoms with E-state index >= 15 is 0 Å². The molecule has 1 aromatic heterocycles. The Kier molecular flexibility index (Phi) is 11.0. The molecule has 1 unspecified atom stereocenters. The van der Waals surface area contributed by atoms with Crippen LogP contribution in [0.5, 0.6) is 0 Å². The summed E-state index contributed by atoms with van der Waals surface area (Å²) in [6.45, 7) is 11.1. The van der Waals surface area contributed by atoms with Crippen LogP contribution in [0.3, 0.4) is 0 Å². The van der Waals surface area contributed by atoms with Gasteiger partial charge in [0.2, 0.25) is 15.9 Å². The first-order valence-corrected chi connectivity index (χ1v) is 17.9. The summed E-state index contributed by atoms with van der Waals surface area (Å²) in [6.07, 6.45) is 8.52. The molecule has 44 heavy (non-hydrogen) atoms. The molecule has 1 amide bonds. The number of nitrogens with zero attached hydrogens (tertiary/aromatic N) is 5. The molecular weight excluding hydrogens is 598 g/mol. The highest BCUT2D eigenvalue weighted by atomic mass is 35.5. The Labute approximate surface area is 268 Å². The maximum absolute atomic E-state index is 13.8. The Bertz CT molecular complexity index is 1380. The van der Waals surface area contributed by atoms with Crippen LogP contribution in [0, 0.1) is 13.8 Å². The second-order valence-electron chi connectivity index (χ2n) is 12.8. The van der Waals surface area contributed by atoms with Crippen LogP contribution in [0.2, 0.25) is 5.02 Å². The van der Waals surface area contributed by atoms with Crippen molar-refractivity contribution in [1.29, 1.82) is 0 Å². The minimum Gasteiger partial charge on any atom is -0.369 e. The van der Waals surface area contributed by atoms with Crippen LogP contribution in [-0.4, -0.2) is 110 Å². The molecule has 3 saturated heterocycles. The summed E-state index contributed by atoms with van der Waals surface area (Å²) >= 11 is 6.26. The van der Waals surface area contributed by atoms with Crippen molar-refractivity contribution in [2.24, 2.45) is 0 Å². The molecule has 0 bridgehead atoms. The van der Waals surface area contributed by atoms with Crippen LogP contribution in [-0.2, 0) is 25.2 Å². The molecule has 9 nitrogen and oxygen atoms in total. The van der Waals surface area contributed by atoms with Gasteiger partial charge in [0.05, 0.1) is 17.1 Å². The van der Waals surface area contributed by atoms with Crippen molar-refractivity contribution in [3.63, 3.8) is 0 Å². The Balaban J connectivity index is 1.19. The molecule has 1 aromatic carbocycles. The van der Waals surface area contributed by atoms with Gasteiger partial charge in [0.25, 0.3) is 0 Å². The lowest BCUT2D eigenvalue weighted by atomic mass is 9.84. The smallest absolute Gasteiger partial charge is 0.243 e. The lowest BCUT2D eigenvalue weighted by Gasteiger charge is -2.43. The molecule has 242 valence electrons. The summed E-state index contributed by atoms with van der Waals surface area (Å²) in [6, 6.07) is 7.26. The van der Waals surface area contributed by atoms with Crippen molar-refractivity contribution < 1.29 is 17.9 Å². The average Bonchev–Trinajstić information content (AvgIpc) is 3.03. The summed E-state index contributed by atoms with van der Waals surface area (Å²) in [5, 5.41) is 0.566. The molecule has 0 N–H and O–H groups in total. The highest BCUT2D eigenvalue weighted by Gasteiger charge is 2.40. The van der Waals surface area contributed by atoms with E-state index in [4.69, 9.17) is 16.3 Å². The maximum atomic E-state index is 13.8. The summed E-state index contributed by atoms with van der Waals surface area (Å²) in [7, 11) is -1.54. The number of likely N-dealkylation sites (N-methyl/N-ethyl adjacent to an activating group) is 1. The molecule has 5 rings (SSSR count). The van der Waals surface area contributed by atoms with Gasteiger partial charge in [0.1, 0.15) is 0 Å². The molecule has 0 spiro atoms. The first-order valence-electron chi connectivity index (χ1n) is 16.1. The van der Waals surface area contributed by atoms with E-state index in [0.29, 0.717) is 67.4 Å². The van der Waals surface area contributed by atoms with E-state index in [2.05, 4.69) is 27.9 Å². The van der Waals surface area contributed by atoms with E-state index in [1.54, 1.807) is 29.6 Å². The Hall–Kier alpha value is -2.08. The number of ether oxygens (including phenoxy) is 1. The monoisotopic (exact) mass is 645 g/mol. The van der Waals surface area contributed by atoms with Gasteiger partial charge in [-0.1, -0.05) is 24.1 Å². The highest BCUT2D eigenvalue weighted by Crippen LogP contribution is 2.37. The SMILES string of the molecule is Cc1cc(S(=O)(=O)N2CCCCC2CCC(=O)N2CCC(OCCN3CCN(C)CC3)(c3cccnc3)CC2)c(C)cc1Cl. The van der Waals surface area contributed by atoms with Gasteiger partial charge in [0.15, 0.2) is 0 Å². The number of pyridine rings is 1. The van der Waals surface area contributed by atoms with Gasteiger partial charge in [-0.05, 0) is 82.3 Å². The first-order chi connectivity index (χ1) is 21.1. The standard InChI is InChI=1S/C33H48ClN5O4S/c1-26-24-31(27(2)23-30(26)34)44(41,42)39-14-5-4-8-29(39)9-10-32(40)38-15-11-33(12-16-38,28-7-6-13-35-25-28)43-22-21-37-19-17-36(3)18-20-37/h6-7,13,23-25,29H,4-5,8-12,14-22H2,1-3H3. The zero-order valence-electron chi connectivity index (χ0n) is 26.5. The molecule has 0 saturated carbocycles. The van der Waals surface area contributed by atoms with Crippen molar-refractivity contribution in [3.05, 3.63) is 58.4 Å². The van der Waals surface area contributed by atoms with Gasteiger partial charge >= 0.3 is 0 Å². The molecule has 3 aliphatic heterocycles. The number of aryl methyl sites for hydroxylation is 2. The van der Waals surface area contributed by atoms with Crippen molar-refractivity contribution in [2.75, 3.05) is 66.0 Å². The number of aromatic nitrogens is 1. The maximum Gasteiger partial charge on any atom is 0.243 e. The number of piperidine rings is 2. The number of halogens is 1. The third-order valence-corrected chi connectivity index (χ3v) is 12.3. The molecule has 3 fully saturated rings. The number of hydrogen-bond acceptors (Lipinski definition) is 7. The highest BCUT2D eigenvalue weighted by molar-refractivity contribution is 7.89. The van der Waals surface area contributed by atoms with Crippen LogP contribution >= 0.6 is 11.6 Å². The molecule has 0 radical (unpaired) electrons. The number of piperazine rings is 1. The van der Waals surface area contributed by atoms with Gasteiger partial charge in [-0.15, -0.1) is 0 Å².